The van der Waals surface area contributed by atoms with E-state index in [9.17, 15) is 9.90 Å². The van der Waals surface area contributed by atoms with E-state index in [1.165, 1.54) is 11.3 Å². The predicted molar refractivity (Wildman–Crippen MR) is 73.6 cm³/mol. The maximum absolute atomic E-state index is 11.8. The van der Waals surface area contributed by atoms with Gasteiger partial charge >= 0.3 is 0 Å². The Bertz CT molecular complexity index is 760. The molecule has 0 amide bonds. The molecule has 5 heteroatoms. The molecule has 3 nitrogen and oxygen atoms in total. The third kappa shape index (κ3) is 1.69. The number of aryl methyl sites for hydroxylation is 1. The van der Waals surface area contributed by atoms with Gasteiger partial charge < -0.3 is 10.1 Å². The van der Waals surface area contributed by atoms with Gasteiger partial charge in [-0.3, -0.25) is 4.79 Å². The summed E-state index contributed by atoms with van der Waals surface area (Å²) < 4.78 is 0.706. The summed E-state index contributed by atoms with van der Waals surface area (Å²) in [4.78, 5) is 14.6. The van der Waals surface area contributed by atoms with E-state index in [1.54, 1.807) is 12.1 Å². The van der Waals surface area contributed by atoms with Gasteiger partial charge in [0.2, 0.25) is 0 Å². The highest BCUT2D eigenvalue weighted by molar-refractivity contribution is 7.17. The molecule has 17 heavy (non-hydrogen) atoms. The quantitative estimate of drug-likeness (QED) is 0.657. The summed E-state index contributed by atoms with van der Waals surface area (Å²) in [6, 6.07) is 5.25. The average Bonchev–Trinajstić information content (AvgIpc) is 2.69. The third-order valence-electron chi connectivity index (χ3n) is 2.72. The Hall–Kier alpha value is -1.52. The van der Waals surface area contributed by atoms with E-state index in [0.29, 0.717) is 4.70 Å². The average molecular weight is 268 g/mol. The number of rotatable bonds is 0. The molecule has 3 rings (SSSR count). The van der Waals surface area contributed by atoms with Crippen molar-refractivity contribution in [3.8, 4) is 5.75 Å². The molecular weight excluding hydrogens is 258 g/mol. The molecular formula is C12H10ClNO2S. The second-order valence-corrected chi connectivity index (χ2v) is 4.72. The van der Waals surface area contributed by atoms with Crippen LogP contribution in [0.4, 0.5) is 0 Å². The van der Waals surface area contributed by atoms with Crippen LogP contribution in [-0.4, -0.2) is 10.1 Å². The lowest BCUT2D eigenvalue weighted by molar-refractivity contribution is 0.476. The number of hydrogen-bond acceptors (Lipinski definition) is 3. The Balaban J connectivity index is 0.00000108. The maximum atomic E-state index is 11.8. The van der Waals surface area contributed by atoms with Gasteiger partial charge in [0.15, 0.2) is 0 Å². The first-order chi connectivity index (χ1) is 7.66. The monoisotopic (exact) mass is 267 g/mol. The summed E-state index contributed by atoms with van der Waals surface area (Å²) in [7, 11) is 0. The standard InChI is InChI=1S/C12H9NO2S.ClH/c1-6-4-7(14)5-9-8-2-3-16-11(8)12(15)13-10(6)9;/h2-5,14H,1H3,(H,13,15);1H. The number of H-pyrrole nitrogens is 1. The minimum Gasteiger partial charge on any atom is -0.508 e. The Kier molecular flexibility index (Phi) is 2.85. The summed E-state index contributed by atoms with van der Waals surface area (Å²) in [5.41, 5.74) is 1.61. The van der Waals surface area contributed by atoms with Crippen molar-refractivity contribution < 1.29 is 5.11 Å². The minimum absolute atomic E-state index is 0. The van der Waals surface area contributed by atoms with Crippen molar-refractivity contribution in [1.82, 2.24) is 4.98 Å². The van der Waals surface area contributed by atoms with Gasteiger partial charge in [0.25, 0.3) is 5.56 Å². The number of thiophene rings is 1. The summed E-state index contributed by atoms with van der Waals surface area (Å²) >= 11 is 1.42. The highest BCUT2D eigenvalue weighted by Crippen LogP contribution is 2.29. The van der Waals surface area contributed by atoms with E-state index in [-0.39, 0.29) is 23.7 Å². The minimum atomic E-state index is -0.0636. The van der Waals surface area contributed by atoms with Crippen molar-refractivity contribution in [2.24, 2.45) is 0 Å². The van der Waals surface area contributed by atoms with E-state index in [4.69, 9.17) is 0 Å². The summed E-state index contributed by atoms with van der Waals surface area (Å²) in [5, 5.41) is 13.3. The van der Waals surface area contributed by atoms with Crippen LogP contribution in [0.15, 0.2) is 28.4 Å². The largest absolute Gasteiger partial charge is 0.508 e. The lowest BCUT2D eigenvalue weighted by Crippen LogP contribution is -2.04. The molecule has 0 bridgehead atoms. The molecule has 2 heterocycles. The zero-order valence-electron chi connectivity index (χ0n) is 8.98. The van der Waals surface area contributed by atoms with Crippen LogP contribution in [0.1, 0.15) is 5.56 Å². The molecule has 0 aliphatic rings. The van der Waals surface area contributed by atoms with E-state index in [1.807, 2.05) is 18.4 Å². The first kappa shape index (κ1) is 12.0. The Labute approximate surface area is 107 Å². The summed E-state index contributed by atoms with van der Waals surface area (Å²) in [6.07, 6.45) is 0. The van der Waals surface area contributed by atoms with Gasteiger partial charge in [0.1, 0.15) is 10.4 Å². The Morgan fingerprint density at radius 2 is 2.06 bits per heavy atom. The molecule has 0 atom stereocenters. The number of phenolic OH excluding ortho intramolecular Hbond substituents is 1. The van der Waals surface area contributed by atoms with E-state index in [2.05, 4.69) is 4.98 Å². The summed E-state index contributed by atoms with van der Waals surface area (Å²) in [5.74, 6) is 0.226. The van der Waals surface area contributed by atoms with Crippen LogP contribution >= 0.6 is 23.7 Å². The number of aromatic nitrogens is 1. The number of nitrogens with one attached hydrogen (secondary N) is 1. The van der Waals surface area contributed by atoms with Crippen LogP contribution in [0, 0.1) is 6.92 Å². The third-order valence-corrected chi connectivity index (χ3v) is 3.63. The van der Waals surface area contributed by atoms with Gasteiger partial charge in [-0.25, -0.2) is 0 Å². The topological polar surface area (TPSA) is 53.1 Å². The van der Waals surface area contributed by atoms with Crippen molar-refractivity contribution in [2.75, 3.05) is 0 Å². The highest BCUT2D eigenvalue weighted by atomic mass is 35.5. The smallest absolute Gasteiger partial charge is 0.266 e. The maximum Gasteiger partial charge on any atom is 0.266 e. The number of hydrogen-bond donors (Lipinski definition) is 2. The molecule has 0 saturated heterocycles. The number of aromatic amines is 1. The predicted octanol–water partition coefficient (Wildman–Crippen LogP) is 3.18. The molecule has 0 unspecified atom stereocenters. The fraction of sp³-hybridized carbons (Fsp3) is 0.0833. The molecule has 0 fully saturated rings. The number of halogens is 1. The molecule has 0 spiro atoms. The molecule has 1 aromatic carbocycles. The van der Waals surface area contributed by atoms with Gasteiger partial charge in [-0.15, -0.1) is 23.7 Å². The van der Waals surface area contributed by atoms with Crippen molar-refractivity contribution >= 4 is 44.7 Å². The summed E-state index contributed by atoms with van der Waals surface area (Å²) in [6.45, 7) is 1.87. The Morgan fingerprint density at radius 3 is 2.82 bits per heavy atom. The number of phenols is 1. The Morgan fingerprint density at radius 1 is 1.29 bits per heavy atom. The van der Waals surface area contributed by atoms with Crippen LogP contribution in [0.3, 0.4) is 0 Å². The van der Waals surface area contributed by atoms with Crippen molar-refractivity contribution in [3.05, 3.63) is 39.5 Å². The van der Waals surface area contributed by atoms with Gasteiger partial charge in [0.05, 0.1) is 5.52 Å². The van der Waals surface area contributed by atoms with Crippen molar-refractivity contribution in [3.63, 3.8) is 0 Å². The van der Waals surface area contributed by atoms with Gasteiger partial charge in [0, 0.05) is 10.8 Å². The number of aromatic hydroxyl groups is 1. The molecule has 3 aromatic rings. The molecule has 0 saturated carbocycles. The molecule has 0 aliphatic heterocycles. The lowest BCUT2D eigenvalue weighted by atomic mass is 10.1. The first-order valence-electron chi connectivity index (χ1n) is 4.89. The van der Waals surface area contributed by atoms with Gasteiger partial charge in [-0.2, -0.15) is 0 Å². The second kappa shape index (κ2) is 4.05. The molecule has 0 radical (unpaired) electrons. The normalized spacial score (nSPS) is 10.6. The fourth-order valence-corrected chi connectivity index (χ4v) is 2.82. The molecule has 2 N–H and O–H groups in total. The van der Waals surface area contributed by atoms with E-state index in [0.717, 1.165) is 21.9 Å². The van der Waals surface area contributed by atoms with Crippen LogP contribution in [0.5, 0.6) is 5.75 Å². The van der Waals surface area contributed by atoms with Crippen LogP contribution < -0.4 is 5.56 Å². The van der Waals surface area contributed by atoms with Gasteiger partial charge in [-0.05, 0) is 36.1 Å². The number of pyridine rings is 1. The molecule has 0 aliphatic carbocycles. The molecule has 2 aromatic heterocycles. The first-order valence-corrected chi connectivity index (χ1v) is 5.77. The number of benzene rings is 1. The van der Waals surface area contributed by atoms with E-state index < -0.39 is 0 Å². The zero-order valence-corrected chi connectivity index (χ0v) is 10.6. The van der Waals surface area contributed by atoms with E-state index >= 15 is 0 Å². The van der Waals surface area contributed by atoms with Crippen LogP contribution in [-0.2, 0) is 0 Å². The fourth-order valence-electron chi connectivity index (χ4n) is 2.01. The number of fused-ring (bicyclic) bond motifs is 3. The van der Waals surface area contributed by atoms with Gasteiger partial charge in [-0.1, -0.05) is 0 Å². The second-order valence-electron chi connectivity index (χ2n) is 3.80. The van der Waals surface area contributed by atoms with Crippen LogP contribution in [0.25, 0.3) is 21.0 Å². The SMILES string of the molecule is Cc1cc(O)cc2c1[nH]c(=O)c1sccc12.Cl. The molecule has 88 valence electrons. The van der Waals surface area contributed by atoms with Crippen molar-refractivity contribution in [2.45, 2.75) is 6.92 Å². The lowest BCUT2D eigenvalue weighted by Gasteiger charge is -2.04. The van der Waals surface area contributed by atoms with Crippen LogP contribution in [0.2, 0.25) is 0 Å². The zero-order chi connectivity index (χ0) is 11.3. The highest BCUT2D eigenvalue weighted by Gasteiger charge is 2.08. The van der Waals surface area contributed by atoms with Crippen molar-refractivity contribution in [1.29, 1.82) is 0 Å².